The second-order valence-electron chi connectivity index (χ2n) is 4.56. The predicted molar refractivity (Wildman–Crippen MR) is 74.2 cm³/mol. The number of hydrogen-bond donors (Lipinski definition) is 1. The zero-order chi connectivity index (χ0) is 14.8. The van der Waals surface area contributed by atoms with Crippen molar-refractivity contribution in [3.8, 4) is 0 Å². The highest BCUT2D eigenvalue weighted by Crippen LogP contribution is 2.19. The smallest absolute Gasteiger partial charge is 0.244 e. The molecule has 2 aromatic rings. The van der Waals surface area contributed by atoms with Crippen molar-refractivity contribution in [2.24, 2.45) is 7.05 Å². The quantitative estimate of drug-likeness (QED) is 0.882. The van der Waals surface area contributed by atoms with Crippen molar-refractivity contribution in [1.29, 1.82) is 0 Å². The first-order chi connectivity index (χ1) is 9.45. The van der Waals surface area contributed by atoms with Gasteiger partial charge in [0.15, 0.2) is 0 Å². The van der Waals surface area contributed by atoms with Gasteiger partial charge < -0.3 is 9.67 Å². The Morgan fingerprint density at radius 1 is 1.45 bits per heavy atom. The molecular weight excluding hydrogens is 278 g/mol. The van der Waals surface area contributed by atoms with Crippen molar-refractivity contribution in [2.45, 2.75) is 18.0 Å². The Hall–Kier alpha value is -1.70. The lowest BCUT2D eigenvalue weighted by Crippen LogP contribution is -2.26. The van der Waals surface area contributed by atoms with Gasteiger partial charge in [-0.2, -0.15) is 4.31 Å². The minimum absolute atomic E-state index is 0.176. The number of aryl methyl sites for hydroxylation is 1. The maximum absolute atomic E-state index is 12.4. The number of aliphatic hydroxyl groups excluding tert-OH is 1. The standard InChI is InChI=1S/C13H17N3O3S/c1-15-9-13(6-12(15)10-17)20(18,19)16(2)8-11-4-3-5-14-7-11/h3-7,9,17H,8,10H2,1-2H3. The Morgan fingerprint density at radius 3 is 2.75 bits per heavy atom. The predicted octanol–water partition coefficient (Wildman–Crippen LogP) is 0.733. The average Bonchev–Trinajstić information content (AvgIpc) is 2.81. The third kappa shape index (κ3) is 2.90. The highest BCUT2D eigenvalue weighted by Gasteiger charge is 2.23. The number of hydrogen-bond acceptors (Lipinski definition) is 4. The third-order valence-electron chi connectivity index (χ3n) is 3.08. The third-order valence-corrected chi connectivity index (χ3v) is 4.85. The lowest BCUT2D eigenvalue weighted by atomic mass is 10.3. The molecule has 0 unspecified atom stereocenters. The molecule has 0 saturated carbocycles. The molecule has 2 aromatic heterocycles. The molecule has 0 saturated heterocycles. The molecule has 2 heterocycles. The van der Waals surface area contributed by atoms with Gasteiger partial charge in [0, 0.05) is 44.9 Å². The second kappa shape index (κ2) is 5.74. The van der Waals surface area contributed by atoms with E-state index in [-0.39, 0.29) is 18.0 Å². The second-order valence-corrected chi connectivity index (χ2v) is 6.60. The summed E-state index contributed by atoms with van der Waals surface area (Å²) in [6, 6.07) is 5.07. The number of nitrogens with zero attached hydrogens (tertiary/aromatic N) is 3. The van der Waals surface area contributed by atoms with Crippen LogP contribution in [-0.4, -0.2) is 34.4 Å². The van der Waals surface area contributed by atoms with Gasteiger partial charge >= 0.3 is 0 Å². The molecule has 1 N–H and O–H groups in total. The molecule has 20 heavy (non-hydrogen) atoms. The van der Waals surface area contributed by atoms with E-state index >= 15 is 0 Å². The van der Waals surface area contributed by atoms with Gasteiger partial charge in [0.05, 0.1) is 6.61 Å². The lowest BCUT2D eigenvalue weighted by Gasteiger charge is -2.16. The Bertz CT molecular complexity index is 680. The van der Waals surface area contributed by atoms with Crippen LogP contribution in [0.25, 0.3) is 0 Å². The van der Waals surface area contributed by atoms with E-state index in [2.05, 4.69) is 4.98 Å². The van der Waals surface area contributed by atoms with E-state index in [4.69, 9.17) is 5.11 Å². The monoisotopic (exact) mass is 295 g/mol. The zero-order valence-electron chi connectivity index (χ0n) is 11.4. The molecule has 0 amide bonds. The fraction of sp³-hybridized carbons (Fsp3) is 0.308. The zero-order valence-corrected chi connectivity index (χ0v) is 12.2. The van der Waals surface area contributed by atoms with Crippen molar-refractivity contribution in [3.05, 3.63) is 48.0 Å². The highest BCUT2D eigenvalue weighted by atomic mass is 32.2. The Kier molecular flexibility index (Phi) is 4.22. The molecule has 2 rings (SSSR count). The summed E-state index contributed by atoms with van der Waals surface area (Å²) < 4.78 is 27.7. The maximum Gasteiger partial charge on any atom is 0.244 e. The highest BCUT2D eigenvalue weighted by molar-refractivity contribution is 7.89. The summed E-state index contributed by atoms with van der Waals surface area (Å²) in [5.74, 6) is 0. The summed E-state index contributed by atoms with van der Waals surface area (Å²) in [7, 11) is -0.353. The summed E-state index contributed by atoms with van der Waals surface area (Å²) in [6.07, 6.45) is 4.78. The van der Waals surface area contributed by atoms with E-state index in [1.54, 1.807) is 30.1 Å². The Balaban J connectivity index is 2.25. The SMILES string of the molecule is CN(Cc1cccnc1)S(=O)(=O)c1cc(CO)n(C)c1. The van der Waals surface area contributed by atoms with Crippen molar-refractivity contribution >= 4 is 10.0 Å². The van der Waals surface area contributed by atoms with Crippen LogP contribution in [0.1, 0.15) is 11.3 Å². The van der Waals surface area contributed by atoms with E-state index in [1.165, 1.54) is 23.6 Å². The normalized spacial score (nSPS) is 12.0. The first kappa shape index (κ1) is 14.7. The Morgan fingerprint density at radius 2 is 2.20 bits per heavy atom. The van der Waals surface area contributed by atoms with Crippen LogP contribution in [0, 0.1) is 0 Å². The number of pyridine rings is 1. The van der Waals surface area contributed by atoms with E-state index in [9.17, 15) is 8.42 Å². The van der Waals surface area contributed by atoms with Crippen LogP contribution in [0.4, 0.5) is 0 Å². The molecule has 108 valence electrons. The van der Waals surface area contributed by atoms with Gasteiger partial charge in [-0.25, -0.2) is 8.42 Å². The number of aliphatic hydroxyl groups is 1. The van der Waals surface area contributed by atoms with Gasteiger partial charge in [0.2, 0.25) is 10.0 Å². The van der Waals surface area contributed by atoms with Crippen molar-refractivity contribution in [1.82, 2.24) is 13.9 Å². The minimum atomic E-state index is -3.58. The van der Waals surface area contributed by atoms with E-state index in [1.807, 2.05) is 6.07 Å². The fourth-order valence-electron chi connectivity index (χ4n) is 1.89. The first-order valence-corrected chi connectivity index (χ1v) is 7.50. The molecule has 0 atom stereocenters. The van der Waals surface area contributed by atoms with E-state index < -0.39 is 10.0 Å². The van der Waals surface area contributed by atoms with E-state index in [0.717, 1.165) is 5.56 Å². The molecule has 0 aliphatic rings. The molecular formula is C13H17N3O3S. The molecule has 0 fully saturated rings. The lowest BCUT2D eigenvalue weighted by molar-refractivity contribution is 0.272. The largest absolute Gasteiger partial charge is 0.390 e. The van der Waals surface area contributed by atoms with Gasteiger partial charge in [-0.1, -0.05) is 6.07 Å². The molecule has 0 radical (unpaired) electrons. The first-order valence-electron chi connectivity index (χ1n) is 6.06. The van der Waals surface area contributed by atoms with Gasteiger partial charge in [0.25, 0.3) is 0 Å². The summed E-state index contributed by atoms with van der Waals surface area (Å²) in [6.45, 7) is 0.0534. The molecule has 0 bridgehead atoms. The Labute approximate surface area is 118 Å². The number of sulfonamides is 1. The van der Waals surface area contributed by atoms with Crippen LogP contribution in [-0.2, 0) is 30.2 Å². The number of rotatable bonds is 5. The summed E-state index contributed by atoms with van der Waals surface area (Å²) in [4.78, 5) is 4.14. The summed E-state index contributed by atoms with van der Waals surface area (Å²) in [5, 5.41) is 9.13. The van der Waals surface area contributed by atoms with Gasteiger partial charge in [0.1, 0.15) is 4.90 Å². The van der Waals surface area contributed by atoms with Crippen molar-refractivity contribution in [3.63, 3.8) is 0 Å². The molecule has 6 nitrogen and oxygen atoms in total. The molecule has 0 aromatic carbocycles. The molecule has 0 aliphatic heterocycles. The van der Waals surface area contributed by atoms with E-state index in [0.29, 0.717) is 5.69 Å². The van der Waals surface area contributed by atoms with Crippen molar-refractivity contribution in [2.75, 3.05) is 7.05 Å². The average molecular weight is 295 g/mol. The molecule has 0 aliphatic carbocycles. The van der Waals surface area contributed by atoms with Crippen LogP contribution in [0.2, 0.25) is 0 Å². The van der Waals surface area contributed by atoms with Crippen LogP contribution < -0.4 is 0 Å². The maximum atomic E-state index is 12.4. The van der Waals surface area contributed by atoms with Crippen molar-refractivity contribution < 1.29 is 13.5 Å². The fourth-order valence-corrected chi connectivity index (χ4v) is 3.14. The van der Waals surface area contributed by atoms with Crippen LogP contribution >= 0.6 is 0 Å². The summed E-state index contributed by atoms with van der Waals surface area (Å²) >= 11 is 0. The topological polar surface area (TPSA) is 75.4 Å². The van der Waals surface area contributed by atoms with Gasteiger partial charge in [-0.15, -0.1) is 0 Å². The molecule has 7 heteroatoms. The van der Waals surface area contributed by atoms with Crippen LogP contribution in [0.3, 0.4) is 0 Å². The van der Waals surface area contributed by atoms with Crippen LogP contribution in [0.5, 0.6) is 0 Å². The minimum Gasteiger partial charge on any atom is -0.390 e. The van der Waals surface area contributed by atoms with Gasteiger partial charge in [-0.3, -0.25) is 4.98 Å². The number of aromatic nitrogens is 2. The summed E-state index contributed by atoms with van der Waals surface area (Å²) in [5.41, 5.74) is 1.37. The van der Waals surface area contributed by atoms with Crippen LogP contribution in [0.15, 0.2) is 41.7 Å². The van der Waals surface area contributed by atoms with Gasteiger partial charge in [-0.05, 0) is 17.7 Å². The molecule has 0 spiro atoms.